The molecule has 0 bridgehead atoms. The number of fused-ring (bicyclic) bond motifs is 1. The molecule has 1 atom stereocenters. The number of aliphatic hydroxyl groups excluding tert-OH is 1. The number of amides is 1. The van der Waals surface area contributed by atoms with Crippen LogP contribution in [-0.2, 0) is 11.2 Å². The van der Waals surface area contributed by atoms with E-state index in [4.69, 9.17) is 0 Å². The van der Waals surface area contributed by atoms with Gasteiger partial charge in [-0.05, 0) is 36.1 Å². The van der Waals surface area contributed by atoms with Gasteiger partial charge in [0.05, 0.1) is 12.6 Å². The molecular weight excluding hydrogens is 262 g/mol. The predicted octanol–water partition coefficient (Wildman–Crippen LogP) is 3.01. The molecule has 1 aliphatic rings. The zero-order chi connectivity index (χ0) is 14.8. The molecule has 1 N–H and O–H groups in total. The summed E-state index contributed by atoms with van der Waals surface area (Å²) in [6.45, 7) is 2.28. The van der Waals surface area contributed by atoms with Gasteiger partial charge in [0.2, 0.25) is 5.91 Å². The highest BCUT2D eigenvalue weighted by Gasteiger charge is 2.26. The minimum Gasteiger partial charge on any atom is -0.387 e. The van der Waals surface area contributed by atoms with Gasteiger partial charge in [0.15, 0.2) is 0 Å². The van der Waals surface area contributed by atoms with Crippen molar-refractivity contribution in [2.45, 2.75) is 25.9 Å². The lowest BCUT2D eigenvalue weighted by Crippen LogP contribution is -2.38. The number of anilines is 1. The second-order valence-corrected chi connectivity index (χ2v) is 5.51. The van der Waals surface area contributed by atoms with Gasteiger partial charge in [-0.25, -0.2) is 0 Å². The third-order valence-corrected chi connectivity index (χ3v) is 4.09. The van der Waals surface area contributed by atoms with Crippen LogP contribution < -0.4 is 4.90 Å². The topological polar surface area (TPSA) is 40.5 Å². The number of benzene rings is 2. The first-order valence-electron chi connectivity index (χ1n) is 7.28. The van der Waals surface area contributed by atoms with E-state index >= 15 is 0 Å². The second-order valence-electron chi connectivity index (χ2n) is 5.51. The summed E-state index contributed by atoms with van der Waals surface area (Å²) in [4.78, 5) is 13.9. The molecule has 108 valence electrons. The Balaban J connectivity index is 1.88. The molecule has 0 aliphatic carbocycles. The van der Waals surface area contributed by atoms with Crippen LogP contribution in [0.4, 0.5) is 5.69 Å². The number of rotatable bonds is 3. The van der Waals surface area contributed by atoms with E-state index in [1.54, 1.807) is 4.90 Å². The van der Waals surface area contributed by atoms with E-state index in [0.717, 1.165) is 23.2 Å². The van der Waals surface area contributed by atoms with Gasteiger partial charge in [0, 0.05) is 12.1 Å². The number of para-hydroxylation sites is 1. The number of carbonyl (C=O) groups excluding carboxylic acids is 1. The Morgan fingerprint density at radius 1 is 1.10 bits per heavy atom. The number of nitrogens with zero attached hydrogens (tertiary/aromatic N) is 1. The van der Waals surface area contributed by atoms with Crippen LogP contribution in [0.3, 0.4) is 0 Å². The molecule has 1 heterocycles. The maximum atomic E-state index is 12.2. The zero-order valence-electron chi connectivity index (χ0n) is 12.1. The van der Waals surface area contributed by atoms with Gasteiger partial charge in [0.1, 0.15) is 0 Å². The molecule has 0 saturated carbocycles. The van der Waals surface area contributed by atoms with E-state index in [1.807, 2.05) is 49.4 Å². The maximum Gasteiger partial charge on any atom is 0.227 e. The van der Waals surface area contributed by atoms with Gasteiger partial charge in [-0.1, -0.05) is 42.5 Å². The molecule has 21 heavy (non-hydrogen) atoms. The summed E-state index contributed by atoms with van der Waals surface area (Å²) in [7, 11) is 0. The summed E-state index contributed by atoms with van der Waals surface area (Å²) < 4.78 is 0. The standard InChI is InChI=1S/C18H19NO2/c1-13-6-2-4-8-15(13)17(20)12-19-16-9-5-3-7-14(16)10-11-18(19)21/h2-9,17,20H,10-12H2,1H3. The Kier molecular flexibility index (Phi) is 3.76. The van der Waals surface area contributed by atoms with Crippen LogP contribution in [-0.4, -0.2) is 17.6 Å². The molecule has 3 heteroatoms. The fourth-order valence-corrected chi connectivity index (χ4v) is 2.93. The third-order valence-electron chi connectivity index (χ3n) is 4.09. The first kappa shape index (κ1) is 13.8. The normalized spacial score (nSPS) is 15.7. The van der Waals surface area contributed by atoms with Crippen molar-refractivity contribution in [2.24, 2.45) is 0 Å². The van der Waals surface area contributed by atoms with Gasteiger partial charge < -0.3 is 10.0 Å². The highest BCUT2D eigenvalue weighted by Crippen LogP contribution is 2.29. The van der Waals surface area contributed by atoms with Crippen LogP contribution in [0.25, 0.3) is 0 Å². The highest BCUT2D eigenvalue weighted by molar-refractivity contribution is 5.96. The summed E-state index contributed by atoms with van der Waals surface area (Å²) in [6.07, 6.45) is 0.630. The van der Waals surface area contributed by atoms with Gasteiger partial charge >= 0.3 is 0 Å². The molecule has 1 unspecified atom stereocenters. The summed E-state index contributed by atoms with van der Waals surface area (Å²) in [5.41, 5.74) is 4.03. The average Bonchev–Trinajstić information content (AvgIpc) is 2.50. The number of β-amino-alcohol motifs (C(OH)–C–C–N with tert-alkyl or cyclic N) is 1. The number of carbonyl (C=O) groups is 1. The first-order chi connectivity index (χ1) is 10.2. The van der Waals surface area contributed by atoms with Crippen molar-refractivity contribution >= 4 is 11.6 Å². The van der Waals surface area contributed by atoms with E-state index in [0.29, 0.717) is 13.0 Å². The molecule has 3 rings (SSSR count). The van der Waals surface area contributed by atoms with Crippen LogP contribution in [0, 0.1) is 6.92 Å². The molecular formula is C18H19NO2. The Bertz CT molecular complexity index is 666. The minimum atomic E-state index is -0.665. The summed E-state index contributed by atoms with van der Waals surface area (Å²) in [5.74, 6) is 0.0846. The Hall–Kier alpha value is -2.13. The fourth-order valence-electron chi connectivity index (χ4n) is 2.93. The van der Waals surface area contributed by atoms with Gasteiger partial charge in [-0.15, -0.1) is 0 Å². The van der Waals surface area contributed by atoms with Crippen molar-refractivity contribution in [2.75, 3.05) is 11.4 Å². The number of hydrogen-bond acceptors (Lipinski definition) is 2. The molecule has 0 saturated heterocycles. The predicted molar refractivity (Wildman–Crippen MR) is 83.3 cm³/mol. The molecule has 0 radical (unpaired) electrons. The van der Waals surface area contributed by atoms with Crippen molar-refractivity contribution in [3.8, 4) is 0 Å². The van der Waals surface area contributed by atoms with Gasteiger partial charge in [-0.3, -0.25) is 4.79 Å². The molecule has 0 fully saturated rings. The molecule has 1 amide bonds. The smallest absolute Gasteiger partial charge is 0.227 e. The van der Waals surface area contributed by atoms with Crippen LogP contribution >= 0.6 is 0 Å². The van der Waals surface area contributed by atoms with E-state index in [9.17, 15) is 9.90 Å². The summed E-state index contributed by atoms with van der Waals surface area (Å²) in [5, 5.41) is 10.5. The minimum absolute atomic E-state index is 0.0846. The van der Waals surface area contributed by atoms with E-state index < -0.39 is 6.10 Å². The zero-order valence-corrected chi connectivity index (χ0v) is 12.1. The second kappa shape index (κ2) is 5.70. The lowest BCUT2D eigenvalue weighted by molar-refractivity contribution is -0.119. The van der Waals surface area contributed by atoms with Crippen molar-refractivity contribution in [3.63, 3.8) is 0 Å². The molecule has 3 nitrogen and oxygen atoms in total. The van der Waals surface area contributed by atoms with Crippen LogP contribution in [0.2, 0.25) is 0 Å². The first-order valence-corrected chi connectivity index (χ1v) is 7.28. The van der Waals surface area contributed by atoms with E-state index in [2.05, 4.69) is 6.07 Å². The Morgan fingerprint density at radius 3 is 2.62 bits per heavy atom. The molecule has 2 aromatic rings. The summed E-state index contributed by atoms with van der Waals surface area (Å²) >= 11 is 0. The SMILES string of the molecule is Cc1ccccc1C(O)CN1C(=O)CCc2ccccc21. The maximum absolute atomic E-state index is 12.2. The Morgan fingerprint density at radius 2 is 1.81 bits per heavy atom. The van der Waals surface area contributed by atoms with Gasteiger partial charge in [0.25, 0.3) is 0 Å². The number of aliphatic hydroxyl groups is 1. The lowest BCUT2D eigenvalue weighted by Gasteiger charge is -2.31. The fraction of sp³-hybridized carbons (Fsp3) is 0.278. The van der Waals surface area contributed by atoms with Crippen LogP contribution in [0.5, 0.6) is 0 Å². The Labute approximate surface area is 124 Å². The third kappa shape index (κ3) is 2.69. The number of hydrogen-bond donors (Lipinski definition) is 1. The quantitative estimate of drug-likeness (QED) is 0.939. The van der Waals surface area contributed by atoms with Crippen molar-refractivity contribution < 1.29 is 9.90 Å². The highest BCUT2D eigenvalue weighted by atomic mass is 16.3. The van der Waals surface area contributed by atoms with Crippen molar-refractivity contribution in [1.82, 2.24) is 0 Å². The van der Waals surface area contributed by atoms with E-state index in [1.165, 1.54) is 5.56 Å². The molecule has 2 aromatic carbocycles. The van der Waals surface area contributed by atoms with Crippen molar-refractivity contribution in [1.29, 1.82) is 0 Å². The van der Waals surface area contributed by atoms with E-state index in [-0.39, 0.29) is 5.91 Å². The monoisotopic (exact) mass is 281 g/mol. The molecule has 0 aromatic heterocycles. The van der Waals surface area contributed by atoms with Crippen LogP contribution in [0.1, 0.15) is 29.2 Å². The van der Waals surface area contributed by atoms with Crippen molar-refractivity contribution in [3.05, 3.63) is 65.2 Å². The van der Waals surface area contributed by atoms with Crippen LogP contribution in [0.15, 0.2) is 48.5 Å². The summed E-state index contributed by atoms with van der Waals surface area (Å²) in [6, 6.07) is 15.7. The van der Waals surface area contributed by atoms with Gasteiger partial charge in [-0.2, -0.15) is 0 Å². The molecule has 1 aliphatic heterocycles. The molecule has 0 spiro atoms. The number of aryl methyl sites for hydroxylation is 2. The largest absolute Gasteiger partial charge is 0.387 e. The average molecular weight is 281 g/mol. The lowest BCUT2D eigenvalue weighted by atomic mass is 9.98.